The number of hydrogen-bond donors (Lipinski definition) is 0. The number of azo groups is 1. The van der Waals surface area contributed by atoms with Crippen LogP contribution in [0.25, 0.3) is 0 Å². The zero-order chi connectivity index (χ0) is 29.0. The molecule has 13 heteroatoms. The highest BCUT2D eigenvalue weighted by molar-refractivity contribution is 7.45. The van der Waals surface area contributed by atoms with Crippen molar-refractivity contribution in [1.29, 1.82) is 0 Å². The van der Waals surface area contributed by atoms with E-state index in [-0.39, 0.29) is 18.9 Å². The van der Waals surface area contributed by atoms with Gasteiger partial charge in [0.15, 0.2) is 0 Å². The lowest BCUT2D eigenvalue weighted by atomic mass is 10.2. The fraction of sp³-hybridized carbons (Fsp3) is 0.556. The quantitative estimate of drug-likeness (QED) is 0.0688. The summed E-state index contributed by atoms with van der Waals surface area (Å²) in [6.07, 6.45) is 3.73. The maximum absolute atomic E-state index is 11.8. The van der Waals surface area contributed by atoms with Gasteiger partial charge in [-0.1, -0.05) is 12.8 Å². The average Bonchev–Trinajstić information content (AvgIpc) is 2.91. The first kappa shape index (κ1) is 31.8. The average molecular weight is 577 g/mol. The Morgan fingerprint density at radius 3 is 1.98 bits per heavy atom. The van der Waals surface area contributed by atoms with Crippen molar-refractivity contribution in [3.63, 3.8) is 0 Å². The number of quaternary nitrogens is 1. The number of anilines is 1. The normalized spacial score (nSPS) is 16.4. The van der Waals surface area contributed by atoms with Crippen molar-refractivity contribution >= 4 is 30.6 Å². The number of rotatable bonds is 16. The van der Waals surface area contributed by atoms with Gasteiger partial charge in [-0.15, -0.1) is 0 Å². The smallest absolute Gasteiger partial charge is 0.269 e. The van der Waals surface area contributed by atoms with Crippen LogP contribution < -0.4 is 9.79 Å². The molecule has 0 radical (unpaired) electrons. The third-order valence-corrected chi connectivity index (χ3v) is 7.56. The number of likely N-dealkylation sites (N-methyl/N-ethyl adjacent to an activating group) is 1. The van der Waals surface area contributed by atoms with E-state index in [1.165, 1.54) is 12.1 Å². The molecule has 0 bridgehead atoms. The summed E-state index contributed by atoms with van der Waals surface area (Å²) in [5.74, 6) is 0. The van der Waals surface area contributed by atoms with Crippen LogP contribution in [0.4, 0.5) is 22.7 Å². The summed E-state index contributed by atoms with van der Waals surface area (Å²) in [5, 5.41) is 19.1. The minimum atomic E-state index is -4.21. The van der Waals surface area contributed by atoms with Gasteiger partial charge in [0.05, 0.1) is 44.0 Å². The molecule has 1 aliphatic heterocycles. The molecule has 0 N–H and O–H groups in total. The van der Waals surface area contributed by atoms with Crippen molar-refractivity contribution in [2.24, 2.45) is 10.2 Å². The number of nitro groups is 1. The molecule has 0 aromatic heterocycles. The first-order valence-corrected chi connectivity index (χ1v) is 15.1. The van der Waals surface area contributed by atoms with Gasteiger partial charge in [-0.2, -0.15) is 10.2 Å². The van der Waals surface area contributed by atoms with Gasteiger partial charge in [-0.3, -0.25) is 19.6 Å². The molecule has 2 aromatic carbocycles. The Morgan fingerprint density at radius 2 is 1.40 bits per heavy atom. The number of non-ortho nitro benzene ring substituents is 1. The third kappa shape index (κ3) is 11.8. The second-order valence-electron chi connectivity index (χ2n) is 10.9. The molecule has 3 rings (SSSR count). The number of benzene rings is 2. The minimum Gasteiger partial charge on any atom is -0.756 e. The van der Waals surface area contributed by atoms with Gasteiger partial charge in [-0.05, 0) is 55.8 Å². The molecule has 220 valence electrons. The molecule has 0 saturated carbocycles. The molecule has 40 heavy (non-hydrogen) atoms. The van der Waals surface area contributed by atoms with Gasteiger partial charge < -0.3 is 23.3 Å². The molecule has 12 nitrogen and oxygen atoms in total. The zero-order valence-electron chi connectivity index (χ0n) is 23.7. The summed E-state index contributed by atoms with van der Waals surface area (Å²) in [6, 6.07) is 13.9. The standard InChI is InChI=1S/C27H41N6O6P/c1-33(2,3)21-23-39-40(36,37)38-22-7-5-4-6-16-30-17-19-31(20-18-30)26-12-8-24(9-13-26)28-29-25-10-14-27(15-11-25)32(34)35/h8-15H,4-7,16-23H2,1-3H3. The molecule has 1 unspecified atom stereocenters. The van der Waals surface area contributed by atoms with E-state index in [9.17, 15) is 19.6 Å². The summed E-state index contributed by atoms with van der Waals surface area (Å²) < 4.78 is 22.3. The molecule has 0 aliphatic carbocycles. The van der Waals surface area contributed by atoms with Crippen molar-refractivity contribution in [3.8, 4) is 0 Å². The second-order valence-corrected chi connectivity index (χ2v) is 12.3. The second kappa shape index (κ2) is 15.3. The van der Waals surface area contributed by atoms with Crippen LogP contribution in [0.2, 0.25) is 0 Å². The summed E-state index contributed by atoms with van der Waals surface area (Å²) >= 11 is 0. The van der Waals surface area contributed by atoms with E-state index < -0.39 is 12.7 Å². The van der Waals surface area contributed by atoms with Crippen LogP contribution in [0.3, 0.4) is 0 Å². The number of hydrogen-bond acceptors (Lipinski definition) is 10. The fourth-order valence-corrected chi connectivity index (χ4v) is 4.88. The Labute approximate surface area is 236 Å². The lowest BCUT2D eigenvalue weighted by Crippen LogP contribution is -2.46. The molecule has 1 saturated heterocycles. The Hall–Kier alpha value is -2.73. The van der Waals surface area contributed by atoms with Crippen molar-refractivity contribution in [3.05, 3.63) is 58.6 Å². The summed E-state index contributed by atoms with van der Waals surface area (Å²) in [7, 11) is 1.71. The van der Waals surface area contributed by atoms with Crippen LogP contribution in [0, 0.1) is 10.1 Å². The monoisotopic (exact) mass is 576 g/mol. The topological polar surface area (TPSA) is 133 Å². The number of nitrogens with zero attached hydrogens (tertiary/aromatic N) is 6. The number of unbranched alkanes of at least 4 members (excludes halogenated alkanes) is 3. The fourth-order valence-electron chi connectivity index (χ4n) is 4.15. The molecule has 1 aliphatic rings. The zero-order valence-corrected chi connectivity index (χ0v) is 24.6. The highest BCUT2D eigenvalue weighted by atomic mass is 31.2. The lowest BCUT2D eigenvalue weighted by Gasteiger charge is -2.36. The van der Waals surface area contributed by atoms with E-state index in [2.05, 4.69) is 20.0 Å². The summed E-state index contributed by atoms with van der Waals surface area (Å²) in [4.78, 5) is 26.9. The van der Waals surface area contributed by atoms with E-state index in [1.54, 1.807) is 12.1 Å². The van der Waals surface area contributed by atoms with Crippen LogP contribution in [0.15, 0.2) is 58.8 Å². The van der Waals surface area contributed by atoms with E-state index >= 15 is 0 Å². The van der Waals surface area contributed by atoms with Gasteiger partial charge >= 0.3 is 0 Å². The maximum Gasteiger partial charge on any atom is 0.269 e. The molecular weight excluding hydrogens is 535 g/mol. The molecular formula is C27H41N6O6P. The number of piperazine rings is 1. The van der Waals surface area contributed by atoms with Crippen molar-refractivity contribution in [2.75, 3.05) is 78.5 Å². The number of nitro benzene ring substituents is 1. The van der Waals surface area contributed by atoms with E-state index in [0.29, 0.717) is 23.1 Å². The number of phosphoric acid groups is 1. The largest absolute Gasteiger partial charge is 0.756 e. The third-order valence-electron chi connectivity index (χ3n) is 6.56. The van der Waals surface area contributed by atoms with Crippen LogP contribution in [0.5, 0.6) is 0 Å². The molecule has 1 heterocycles. The predicted octanol–water partition coefficient (Wildman–Crippen LogP) is 4.90. The molecule has 1 fully saturated rings. The van der Waals surface area contributed by atoms with E-state index in [1.807, 2.05) is 45.4 Å². The van der Waals surface area contributed by atoms with E-state index in [4.69, 9.17) is 9.05 Å². The van der Waals surface area contributed by atoms with Gasteiger partial charge in [-0.25, -0.2) is 0 Å². The van der Waals surface area contributed by atoms with Crippen molar-refractivity contribution in [1.82, 2.24) is 4.90 Å². The first-order chi connectivity index (χ1) is 19.0. The Bertz CT molecular complexity index is 1130. The van der Waals surface area contributed by atoms with Crippen LogP contribution in [-0.2, 0) is 13.6 Å². The van der Waals surface area contributed by atoms with Crippen LogP contribution in [0.1, 0.15) is 25.7 Å². The Balaban J connectivity index is 1.27. The van der Waals surface area contributed by atoms with Gasteiger partial charge in [0.2, 0.25) is 0 Å². The lowest BCUT2D eigenvalue weighted by molar-refractivity contribution is -0.870. The van der Waals surface area contributed by atoms with E-state index in [0.717, 1.165) is 63.4 Å². The highest BCUT2D eigenvalue weighted by Crippen LogP contribution is 2.38. The molecule has 0 spiro atoms. The molecule has 2 aromatic rings. The highest BCUT2D eigenvalue weighted by Gasteiger charge is 2.17. The van der Waals surface area contributed by atoms with Crippen molar-refractivity contribution < 1.29 is 27.9 Å². The molecule has 1 atom stereocenters. The predicted molar refractivity (Wildman–Crippen MR) is 153 cm³/mol. The van der Waals surface area contributed by atoms with Gasteiger partial charge in [0, 0.05) is 44.0 Å². The van der Waals surface area contributed by atoms with Crippen LogP contribution in [-0.4, -0.2) is 87.9 Å². The van der Waals surface area contributed by atoms with Crippen LogP contribution >= 0.6 is 7.82 Å². The Kier molecular flexibility index (Phi) is 12.2. The maximum atomic E-state index is 11.8. The number of phosphoric ester groups is 1. The SMILES string of the molecule is C[N+](C)(C)CCOP(=O)([O-])OCCCCCCN1CCN(c2ccc(N=Nc3ccc([N+](=O)[O-])cc3)cc2)CC1. The minimum absolute atomic E-state index is 0.0250. The van der Waals surface area contributed by atoms with Gasteiger partial charge in [0.1, 0.15) is 13.2 Å². The molecule has 0 amide bonds. The first-order valence-electron chi connectivity index (χ1n) is 13.6. The summed E-state index contributed by atoms with van der Waals surface area (Å²) in [6.45, 7) is 5.81. The van der Waals surface area contributed by atoms with Crippen molar-refractivity contribution in [2.45, 2.75) is 25.7 Å². The Morgan fingerprint density at radius 1 is 0.850 bits per heavy atom. The summed E-state index contributed by atoms with van der Waals surface area (Å²) in [5.41, 5.74) is 2.45. The van der Waals surface area contributed by atoms with Gasteiger partial charge in [0.25, 0.3) is 13.5 Å².